The van der Waals surface area contributed by atoms with E-state index in [2.05, 4.69) is 18.3 Å². The van der Waals surface area contributed by atoms with Crippen molar-refractivity contribution in [2.75, 3.05) is 6.54 Å². The zero-order valence-electron chi connectivity index (χ0n) is 7.18. The third kappa shape index (κ3) is 9.38. The Kier molecular flexibility index (Phi) is 8.85. The van der Waals surface area contributed by atoms with Crippen LogP contribution in [0, 0.1) is 6.42 Å². The molecule has 2 nitrogen and oxygen atoms in total. The summed E-state index contributed by atoms with van der Waals surface area (Å²) >= 11 is 0. The van der Waals surface area contributed by atoms with Crippen LogP contribution in [0.3, 0.4) is 0 Å². The highest BCUT2D eigenvalue weighted by atomic mass is 16.1. The lowest BCUT2D eigenvalue weighted by atomic mass is 10.1. The molecule has 0 rings (SSSR count). The molecule has 2 heteroatoms. The average Bonchev–Trinajstić information content (AvgIpc) is 2.03. The van der Waals surface area contributed by atoms with Crippen LogP contribution in [0.4, 0.5) is 0 Å². The third-order valence-corrected chi connectivity index (χ3v) is 1.53. The normalized spacial score (nSPS) is 9.18. The monoisotopic (exact) mass is 154 g/mol. The van der Waals surface area contributed by atoms with E-state index in [9.17, 15) is 4.79 Å². The second-order valence-electron chi connectivity index (χ2n) is 2.52. The second kappa shape index (κ2) is 9.38. The highest BCUT2D eigenvalue weighted by molar-refractivity contribution is 5.32. The molecule has 0 fully saturated rings. The average molecular weight is 154 g/mol. The molecule has 0 aliphatic heterocycles. The molecule has 0 heterocycles. The Labute approximate surface area is 68.7 Å². The molecule has 0 aromatic heterocycles. The number of aliphatic imine (C=N–C) groups is 1. The van der Waals surface area contributed by atoms with Crippen molar-refractivity contribution in [3.05, 3.63) is 6.42 Å². The number of unbranched alkanes of at least 4 members (excludes halogenated alkanes) is 5. The van der Waals surface area contributed by atoms with Crippen LogP contribution in [0.15, 0.2) is 4.99 Å². The molecule has 0 amide bonds. The number of carbonyl (C=O) groups excluding carboxylic acids is 1. The van der Waals surface area contributed by atoms with E-state index >= 15 is 0 Å². The van der Waals surface area contributed by atoms with Crippen molar-refractivity contribution in [3.8, 4) is 0 Å². The van der Waals surface area contributed by atoms with Gasteiger partial charge < -0.3 is 0 Å². The minimum absolute atomic E-state index is 0.648. The first-order valence-corrected chi connectivity index (χ1v) is 4.27. The van der Waals surface area contributed by atoms with Gasteiger partial charge in [0.2, 0.25) is 6.08 Å². The molecule has 0 saturated carbocycles. The van der Waals surface area contributed by atoms with Gasteiger partial charge in [-0.3, -0.25) is 0 Å². The standard InChI is InChI=1S/C9H16NO/c1-2-3-4-5-6-7-8-10-9-11/h3H,2,4-8H2,1H3. The molecule has 0 aliphatic rings. The lowest BCUT2D eigenvalue weighted by molar-refractivity contribution is 0.561. The maximum absolute atomic E-state index is 9.64. The summed E-state index contributed by atoms with van der Waals surface area (Å²) < 4.78 is 0. The summed E-state index contributed by atoms with van der Waals surface area (Å²) in [6.07, 6.45) is 9.59. The summed E-state index contributed by atoms with van der Waals surface area (Å²) in [7, 11) is 0. The lowest BCUT2D eigenvalue weighted by Crippen LogP contribution is -1.82. The van der Waals surface area contributed by atoms with Gasteiger partial charge in [-0.2, -0.15) is 0 Å². The van der Waals surface area contributed by atoms with Crippen molar-refractivity contribution >= 4 is 6.08 Å². The molecule has 0 unspecified atom stereocenters. The number of nitrogens with zero attached hydrogens (tertiary/aromatic N) is 1. The van der Waals surface area contributed by atoms with E-state index in [1.165, 1.54) is 25.3 Å². The van der Waals surface area contributed by atoms with E-state index in [1.54, 1.807) is 0 Å². The number of hydrogen-bond acceptors (Lipinski definition) is 2. The molecule has 0 bridgehead atoms. The fraction of sp³-hybridized carbons (Fsp3) is 0.778. The first kappa shape index (κ1) is 10.4. The van der Waals surface area contributed by atoms with E-state index in [0.717, 1.165) is 12.8 Å². The smallest absolute Gasteiger partial charge is 0.211 e. The second-order valence-corrected chi connectivity index (χ2v) is 2.52. The van der Waals surface area contributed by atoms with E-state index in [-0.39, 0.29) is 0 Å². The van der Waals surface area contributed by atoms with Crippen LogP contribution in [0.1, 0.15) is 39.0 Å². The molecule has 0 aromatic carbocycles. The molecule has 0 aliphatic carbocycles. The summed E-state index contributed by atoms with van der Waals surface area (Å²) in [6.45, 7) is 2.80. The van der Waals surface area contributed by atoms with Gasteiger partial charge >= 0.3 is 0 Å². The van der Waals surface area contributed by atoms with E-state index < -0.39 is 0 Å². The molecule has 0 saturated heterocycles. The summed E-state index contributed by atoms with van der Waals surface area (Å²) in [4.78, 5) is 13.1. The van der Waals surface area contributed by atoms with Crippen LogP contribution in [-0.4, -0.2) is 12.6 Å². The summed E-state index contributed by atoms with van der Waals surface area (Å²) in [5, 5.41) is 0. The largest absolute Gasteiger partial charge is 0.234 e. The first-order valence-electron chi connectivity index (χ1n) is 4.27. The predicted octanol–water partition coefficient (Wildman–Crippen LogP) is 2.50. The molecule has 0 spiro atoms. The molecule has 1 radical (unpaired) electrons. The first-order chi connectivity index (χ1) is 5.41. The Balaban J connectivity index is 2.84. The van der Waals surface area contributed by atoms with E-state index in [1.807, 2.05) is 0 Å². The van der Waals surface area contributed by atoms with Gasteiger partial charge in [-0.15, -0.1) is 0 Å². The maximum atomic E-state index is 9.64. The number of rotatable bonds is 7. The van der Waals surface area contributed by atoms with Crippen LogP contribution >= 0.6 is 0 Å². The summed E-state index contributed by atoms with van der Waals surface area (Å²) in [5.74, 6) is 0. The van der Waals surface area contributed by atoms with Crippen LogP contribution in [-0.2, 0) is 4.79 Å². The third-order valence-electron chi connectivity index (χ3n) is 1.53. The van der Waals surface area contributed by atoms with Gasteiger partial charge in [0.1, 0.15) is 0 Å². The van der Waals surface area contributed by atoms with Gasteiger partial charge in [-0.05, 0) is 12.8 Å². The van der Waals surface area contributed by atoms with Crippen LogP contribution in [0.5, 0.6) is 0 Å². The molecule has 0 N–H and O–H groups in total. The fourth-order valence-electron chi connectivity index (χ4n) is 0.906. The van der Waals surface area contributed by atoms with Gasteiger partial charge in [0, 0.05) is 0 Å². The van der Waals surface area contributed by atoms with Gasteiger partial charge in [-0.25, -0.2) is 9.79 Å². The predicted molar refractivity (Wildman–Crippen MR) is 46.0 cm³/mol. The van der Waals surface area contributed by atoms with Crippen molar-refractivity contribution < 1.29 is 4.79 Å². The Bertz CT molecular complexity index is 117. The molecule has 0 aromatic rings. The molecule has 63 valence electrons. The van der Waals surface area contributed by atoms with Crippen molar-refractivity contribution in [3.63, 3.8) is 0 Å². The van der Waals surface area contributed by atoms with Gasteiger partial charge in [0.25, 0.3) is 0 Å². The zero-order valence-corrected chi connectivity index (χ0v) is 7.18. The fourth-order valence-corrected chi connectivity index (χ4v) is 0.906. The van der Waals surface area contributed by atoms with Gasteiger partial charge in [0.15, 0.2) is 0 Å². The van der Waals surface area contributed by atoms with Crippen LogP contribution < -0.4 is 0 Å². The molecular formula is C9H16NO. The van der Waals surface area contributed by atoms with E-state index in [4.69, 9.17) is 0 Å². The van der Waals surface area contributed by atoms with Crippen LogP contribution in [0.25, 0.3) is 0 Å². The topological polar surface area (TPSA) is 29.4 Å². The van der Waals surface area contributed by atoms with Crippen molar-refractivity contribution in [1.82, 2.24) is 0 Å². The molecule has 0 atom stereocenters. The Morgan fingerprint density at radius 1 is 1.36 bits per heavy atom. The zero-order chi connectivity index (χ0) is 8.36. The Morgan fingerprint density at radius 2 is 2.18 bits per heavy atom. The lowest BCUT2D eigenvalue weighted by Gasteiger charge is -1.95. The minimum Gasteiger partial charge on any atom is -0.211 e. The maximum Gasteiger partial charge on any atom is 0.234 e. The molecule has 11 heavy (non-hydrogen) atoms. The Hall–Kier alpha value is -0.620. The summed E-state index contributed by atoms with van der Waals surface area (Å²) in [6, 6.07) is 0. The van der Waals surface area contributed by atoms with E-state index in [0.29, 0.717) is 6.54 Å². The van der Waals surface area contributed by atoms with Gasteiger partial charge in [0.05, 0.1) is 6.54 Å². The summed E-state index contributed by atoms with van der Waals surface area (Å²) in [5.41, 5.74) is 0. The number of hydrogen-bond donors (Lipinski definition) is 0. The molecular weight excluding hydrogens is 138 g/mol. The Morgan fingerprint density at radius 3 is 2.82 bits per heavy atom. The highest BCUT2D eigenvalue weighted by Crippen LogP contribution is 2.03. The van der Waals surface area contributed by atoms with Crippen LogP contribution in [0.2, 0.25) is 0 Å². The number of isocyanates is 1. The van der Waals surface area contributed by atoms with Crippen molar-refractivity contribution in [2.45, 2.75) is 39.0 Å². The minimum atomic E-state index is 0.648. The van der Waals surface area contributed by atoms with Gasteiger partial charge in [-0.1, -0.05) is 32.6 Å². The quantitative estimate of drug-likeness (QED) is 0.315. The SMILES string of the molecule is CC[CH]CCCCCN=C=O. The van der Waals surface area contributed by atoms with Crippen molar-refractivity contribution in [2.24, 2.45) is 4.99 Å². The van der Waals surface area contributed by atoms with Crippen molar-refractivity contribution in [1.29, 1.82) is 0 Å². The highest BCUT2D eigenvalue weighted by Gasteiger charge is 1.87.